The van der Waals surface area contributed by atoms with Crippen molar-refractivity contribution in [3.63, 3.8) is 0 Å². The molecular weight excluding hydrogens is 483 g/mol. The fourth-order valence-electron chi connectivity index (χ4n) is 4.15. The normalized spacial score (nSPS) is 22.1. The molecule has 0 atom stereocenters. The molecule has 2 aromatic rings. The van der Waals surface area contributed by atoms with Crippen LogP contribution in [0.4, 0.5) is 9.18 Å². The second-order valence-electron chi connectivity index (χ2n) is 8.36. The summed E-state index contributed by atoms with van der Waals surface area (Å²) in [5, 5.41) is 8.37. The Balaban J connectivity index is 1.32. The Morgan fingerprint density at radius 3 is 2.78 bits per heavy atom. The molecule has 0 spiro atoms. The number of rotatable bonds is 7. The number of nitrogens with one attached hydrogen (secondary N) is 3. The highest BCUT2D eigenvalue weighted by molar-refractivity contribution is 8.18. The Hall–Kier alpha value is -3.57. The quantitative estimate of drug-likeness (QED) is 0.220. The third-order valence-electron chi connectivity index (χ3n) is 6.05. The number of pyridine rings is 1. The number of halogens is 1. The first-order valence-electron chi connectivity index (χ1n) is 11.6. The zero-order valence-electron chi connectivity index (χ0n) is 19.8. The molecule has 188 valence electrons. The third-order valence-corrected chi connectivity index (χ3v) is 6.86. The van der Waals surface area contributed by atoms with Crippen LogP contribution in [0.1, 0.15) is 38.2 Å². The lowest BCUT2D eigenvalue weighted by Gasteiger charge is -2.27. The van der Waals surface area contributed by atoms with Gasteiger partial charge in [0.2, 0.25) is 11.9 Å². The van der Waals surface area contributed by atoms with Crippen LogP contribution >= 0.6 is 11.8 Å². The molecule has 0 aromatic carbocycles. The van der Waals surface area contributed by atoms with Gasteiger partial charge in [-0.3, -0.25) is 14.9 Å². The van der Waals surface area contributed by atoms with Crippen LogP contribution in [0, 0.1) is 5.95 Å². The van der Waals surface area contributed by atoms with Gasteiger partial charge < -0.3 is 15.1 Å². The van der Waals surface area contributed by atoms with E-state index in [0.717, 1.165) is 48.6 Å². The number of hydrogen-bond acceptors (Lipinski definition) is 7. The van der Waals surface area contributed by atoms with Crippen LogP contribution in [0.3, 0.4) is 0 Å². The fraction of sp³-hybridized carbons (Fsp3) is 0.320. The SMILES string of the molecule is C=NC(=NC1CCC(NCc2c(-c3ccoc3)ccnc2F)CC1)NC(=C\C)/C=C1\SC(=O)NC1=O. The highest BCUT2D eigenvalue weighted by Crippen LogP contribution is 2.27. The van der Waals surface area contributed by atoms with E-state index in [0.29, 0.717) is 28.7 Å². The number of hydrogen-bond donors (Lipinski definition) is 3. The first-order chi connectivity index (χ1) is 17.5. The molecule has 9 nitrogen and oxygen atoms in total. The van der Waals surface area contributed by atoms with Gasteiger partial charge in [-0.2, -0.15) is 4.39 Å². The van der Waals surface area contributed by atoms with Gasteiger partial charge in [0.15, 0.2) is 0 Å². The summed E-state index contributed by atoms with van der Waals surface area (Å²) in [4.78, 5) is 36.0. The summed E-state index contributed by atoms with van der Waals surface area (Å²) in [5.41, 5.74) is 2.70. The van der Waals surface area contributed by atoms with Crippen molar-refractivity contribution in [2.75, 3.05) is 0 Å². The molecule has 4 rings (SSSR count). The van der Waals surface area contributed by atoms with Crippen molar-refractivity contribution in [1.29, 1.82) is 0 Å². The van der Waals surface area contributed by atoms with Crippen molar-refractivity contribution >= 4 is 35.6 Å². The van der Waals surface area contributed by atoms with Crippen molar-refractivity contribution in [2.24, 2.45) is 9.98 Å². The van der Waals surface area contributed by atoms with Gasteiger partial charge in [-0.1, -0.05) is 6.08 Å². The van der Waals surface area contributed by atoms with E-state index in [-0.39, 0.29) is 12.1 Å². The molecule has 2 amide bonds. The maximum atomic E-state index is 14.5. The van der Waals surface area contributed by atoms with Crippen LogP contribution in [-0.2, 0) is 11.3 Å². The van der Waals surface area contributed by atoms with Crippen LogP contribution in [0.2, 0.25) is 0 Å². The molecule has 1 aliphatic carbocycles. The molecule has 2 aliphatic rings. The van der Waals surface area contributed by atoms with E-state index in [1.165, 1.54) is 6.20 Å². The Morgan fingerprint density at radius 1 is 1.33 bits per heavy atom. The van der Waals surface area contributed by atoms with Crippen LogP contribution in [0.15, 0.2) is 68.0 Å². The van der Waals surface area contributed by atoms with Crippen molar-refractivity contribution in [2.45, 2.75) is 51.2 Å². The summed E-state index contributed by atoms with van der Waals surface area (Å²) in [5.74, 6) is -0.557. The summed E-state index contributed by atoms with van der Waals surface area (Å²) in [7, 11) is 0. The Bertz CT molecular complexity index is 1220. The van der Waals surface area contributed by atoms with Crippen LogP contribution < -0.4 is 16.0 Å². The van der Waals surface area contributed by atoms with Gasteiger partial charge in [0.1, 0.15) is 0 Å². The number of allylic oxidation sites excluding steroid dienone is 2. The number of carbonyl (C=O) groups excluding carboxylic acids is 2. The summed E-state index contributed by atoms with van der Waals surface area (Å²) in [6.45, 7) is 5.77. The van der Waals surface area contributed by atoms with E-state index >= 15 is 0 Å². The molecule has 1 saturated heterocycles. The summed E-state index contributed by atoms with van der Waals surface area (Å²) in [6, 6.07) is 3.88. The largest absolute Gasteiger partial charge is 0.472 e. The predicted octanol–water partition coefficient (Wildman–Crippen LogP) is 4.30. The minimum atomic E-state index is -0.486. The lowest BCUT2D eigenvalue weighted by molar-refractivity contribution is -0.115. The van der Waals surface area contributed by atoms with E-state index in [4.69, 9.17) is 4.42 Å². The van der Waals surface area contributed by atoms with Gasteiger partial charge in [-0.15, -0.1) is 0 Å². The summed E-state index contributed by atoms with van der Waals surface area (Å²) in [6.07, 6.45) is 11.4. The van der Waals surface area contributed by atoms with E-state index in [9.17, 15) is 14.0 Å². The number of thioether (sulfide) groups is 1. The molecule has 11 heteroatoms. The lowest BCUT2D eigenvalue weighted by atomic mass is 9.91. The van der Waals surface area contributed by atoms with Crippen molar-refractivity contribution in [3.8, 4) is 11.1 Å². The molecule has 2 aromatic heterocycles. The molecule has 1 aliphatic heterocycles. The average molecular weight is 511 g/mol. The topological polar surface area (TPSA) is 121 Å². The number of aromatic nitrogens is 1. The van der Waals surface area contributed by atoms with Gasteiger partial charge in [0.25, 0.3) is 11.1 Å². The molecule has 3 N–H and O–H groups in total. The van der Waals surface area contributed by atoms with E-state index in [2.05, 4.69) is 37.6 Å². The van der Waals surface area contributed by atoms with Crippen LogP contribution in [0.5, 0.6) is 0 Å². The van der Waals surface area contributed by atoms with E-state index in [1.807, 2.05) is 0 Å². The Labute approximate surface area is 212 Å². The smallest absolute Gasteiger partial charge is 0.290 e. The Morgan fingerprint density at radius 2 is 2.14 bits per heavy atom. The Kier molecular flexibility index (Phi) is 8.44. The molecule has 1 saturated carbocycles. The molecule has 0 bridgehead atoms. The van der Waals surface area contributed by atoms with Crippen molar-refractivity contribution in [1.82, 2.24) is 20.9 Å². The zero-order chi connectivity index (χ0) is 25.5. The van der Waals surface area contributed by atoms with Gasteiger partial charge in [-0.05, 0) is 74.9 Å². The standard InChI is InChI=1S/C25H27FN6O3S/c1-3-16(12-21-23(33)32-25(34)36-21)30-24(27-2)31-18-6-4-17(5-7-18)29-13-20-19(8-10-28-22(20)26)15-9-11-35-14-15/h3,8-12,14,17-18,29H,2,4-7,13H2,1H3,(H,30,31)(H,32,33,34)/b16-3-,21-12-. The van der Waals surface area contributed by atoms with Gasteiger partial charge in [-0.25, -0.2) is 15.0 Å². The first kappa shape index (κ1) is 25.5. The van der Waals surface area contributed by atoms with E-state index < -0.39 is 17.1 Å². The second-order valence-corrected chi connectivity index (χ2v) is 9.37. The maximum Gasteiger partial charge on any atom is 0.290 e. The number of imide groups is 1. The monoisotopic (exact) mass is 510 g/mol. The summed E-state index contributed by atoms with van der Waals surface area (Å²) >= 11 is 0.847. The molecule has 0 radical (unpaired) electrons. The number of amides is 2. The number of aliphatic imine (C=N–C) groups is 2. The number of furan rings is 1. The minimum absolute atomic E-state index is 0.0594. The zero-order valence-corrected chi connectivity index (χ0v) is 20.6. The van der Waals surface area contributed by atoms with E-state index in [1.54, 1.807) is 43.7 Å². The van der Waals surface area contributed by atoms with Crippen molar-refractivity contribution in [3.05, 3.63) is 65.1 Å². The first-order valence-corrected chi connectivity index (χ1v) is 12.4. The highest BCUT2D eigenvalue weighted by Gasteiger charge is 2.26. The minimum Gasteiger partial charge on any atom is -0.472 e. The lowest BCUT2D eigenvalue weighted by Crippen LogP contribution is -2.35. The molecule has 2 fully saturated rings. The number of nitrogens with zero attached hydrogens (tertiary/aromatic N) is 3. The molecule has 3 heterocycles. The molecule has 0 unspecified atom stereocenters. The maximum absolute atomic E-state index is 14.5. The van der Waals surface area contributed by atoms with Gasteiger partial charge in [0, 0.05) is 35.6 Å². The fourth-order valence-corrected chi connectivity index (χ4v) is 4.82. The van der Waals surface area contributed by atoms with Crippen LogP contribution in [0.25, 0.3) is 11.1 Å². The molecular formula is C25H27FN6O3S. The predicted molar refractivity (Wildman–Crippen MR) is 138 cm³/mol. The third kappa shape index (κ3) is 6.35. The summed E-state index contributed by atoms with van der Waals surface area (Å²) < 4.78 is 19.6. The highest BCUT2D eigenvalue weighted by atomic mass is 32.2. The number of carbonyl (C=O) groups is 2. The molecule has 36 heavy (non-hydrogen) atoms. The second kappa shape index (κ2) is 11.9. The van der Waals surface area contributed by atoms with Crippen molar-refractivity contribution < 1.29 is 18.4 Å². The number of guanidine groups is 1. The van der Waals surface area contributed by atoms with Gasteiger partial charge >= 0.3 is 0 Å². The van der Waals surface area contributed by atoms with Crippen LogP contribution in [-0.4, -0.2) is 40.9 Å². The van der Waals surface area contributed by atoms with Gasteiger partial charge in [0.05, 0.1) is 23.5 Å². The average Bonchev–Trinajstić information content (AvgIpc) is 3.52.